The minimum Gasteiger partial charge on any atom is -0.0819 e. The zero-order valence-corrected chi connectivity index (χ0v) is 19.2. The van der Waals surface area contributed by atoms with E-state index >= 15 is 0 Å². The van der Waals surface area contributed by atoms with Gasteiger partial charge in [-0.3, -0.25) is 0 Å². The molecule has 0 aromatic rings. The van der Waals surface area contributed by atoms with Gasteiger partial charge in [0.25, 0.3) is 0 Å². The predicted octanol–water partition coefficient (Wildman–Crippen LogP) is 8.56. The summed E-state index contributed by atoms with van der Waals surface area (Å²) in [7, 11) is 0. The molecule has 0 aromatic carbocycles. The second-order valence-corrected chi connectivity index (χ2v) is 12.9. The smallest absolute Gasteiger partial charge is 0.0197 e. The molecule has 0 radical (unpaired) electrons. The minimum absolute atomic E-state index is 0.899. The summed E-state index contributed by atoms with van der Waals surface area (Å²) in [6, 6.07) is 0. The van der Waals surface area contributed by atoms with Crippen molar-refractivity contribution in [3.63, 3.8) is 0 Å². The van der Waals surface area contributed by atoms with Gasteiger partial charge in [-0.1, -0.05) is 37.8 Å². The van der Waals surface area contributed by atoms with E-state index in [1.54, 1.807) is 70.6 Å². The number of allylic oxidation sites excluding steroid dienone is 2. The molecule has 5 unspecified atom stereocenters. The highest BCUT2D eigenvalue weighted by Crippen LogP contribution is 2.73. The summed E-state index contributed by atoms with van der Waals surface area (Å²) < 4.78 is 0. The van der Waals surface area contributed by atoms with Crippen LogP contribution in [0.3, 0.4) is 0 Å². The Balaban J connectivity index is 1.03. The maximum Gasteiger partial charge on any atom is -0.0197 e. The van der Waals surface area contributed by atoms with Crippen LogP contribution < -0.4 is 0 Å². The van der Waals surface area contributed by atoms with Gasteiger partial charge in [-0.2, -0.15) is 0 Å². The first kappa shape index (κ1) is 19.4. The van der Waals surface area contributed by atoms with E-state index in [4.69, 9.17) is 0 Å². The average molecular weight is 395 g/mol. The molecule has 5 saturated carbocycles. The Hall–Kier alpha value is -0.260. The molecule has 0 aliphatic heterocycles. The Bertz CT molecular complexity index is 616. The average Bonchev–Trinajstić information content (AvgIpc) is 3.69. The second kappa shape index (κ2) is 7.70. The lowest BCUT2D eigenvalue weighted by molar-refractivity contribution is 0.0124. The Kier molecular flexibility index (Phi) is 5.16. The van der Waals surface area contributed by atoms with Crippen LogP contribution in [0.25, 0.3) is 0 Å². The van der Waals surface area contributed by atoms with Gasteiger partial charge in [0, 0.05) is 0 Å². The fraction of sp³-hybridized carbons (Fsp3) is 0.931. The summed E-state index contributed by atoms with van der Waals surface area (Å²) >= 11 is 0. The number of fused-ring (bicyclic) bond motifs is 1. The third-order valence-electron chi connectivity index (χ3n) is 11.3. The lowest BCUT2D eigenvalue weighted by Crippen LogP contribution is -2.40. The fourth-order valence-corrected chi connectivity index (χ4v) is 9.33. The van der Waals surface area contributed by atoms with Crippen LogP contribution in [0.2, 0.25) is 0 Å². The second-order valence-electron chi connectivity index (χ2n) is 12.9. The van der Waals surface area contributed by atoms with E-state index in [0.29, 0.717) is 0 Å². The van der Waals surface area contributed by atoms with Crippen molar-refractivity contribution in [1.82, 2.24) is 0 Å². The fourth-order valence-electron chi connectivity index (χ4n) is 9.33. The summed E-state index contributed by atoms with van der Waals surface area (Å²) in [5, 5.41) is 0. The molecule has 162 valence electrons. The number of hydrogen-bond acceptors (Lipinski definition) is 0. The third-order valence-corrected chi connectivity index (χ3v) is 11.3. The van der Waals surface area contributed by atoms with Crippen molar-refractivity contribution in [2.24, 2.45) is 52.8 Å². The van der Waals surface area contributed by atoms with Gasteiger partial charge in [-0.15, -0.1) is 0 Å². The summed E-state index contributed by atoms with van der Waals surface area (Å²) in [4.78, 5) is 0. The highest BCUT2D eigenvalue weighted by Gasteiger charge is 2.64. The van der Waals surface area contributed by atoms with Crippen molar-refractivity contribution in [1.29, 1.82) is 0 Å². The molecule has 6 aliphatic carbocycles. The first-order chi connectivity index (χ1) is 14.2. The van der Waals surface area contributed by atoms with Crippen molar-refractivity contribution < 1.29 is 0 Å². The number of hydrogen-bond donors (Lipinski definition) is 0. The standard InChI is InChI=1S/C29H46/c1-20-9-14-26(27-8-3-2-7-25(20)27)23-12-10-21(11-13-23)17-22-5-4-6-24(18-22)28-19-29(28)15-16-29/h18,20-21,23-28H,2-17,19H2,1H3/t20-,21?,23?,24?,25?,26?,27?,28?/m1/s1. The number of rotatable bonds is 4. The van der Waals surface area contributed by atoms with Gasteiger partial charge >= 0.3 is 0 Å². The molecular weight excluding hydrogens is 348 g/mol. The van der Waals surface area contributed by atoms with E-state index < -0.39 is 0 Å². The van der Waals surface area contributed by atoms with E-state index in [2.05, 4.69) is 13.0 Å². The molecule has 0 nitrogen and oxygen atoms in total. The molecule has 0 aromatic heterocycles. The molecule has 6 atom stereocenters. The van der Waals surface area contributed by atoms with Crippen molar-refractivity contribution in [2.75, 3.05) is 0 Å². The Morgan fingerprint density at radius 2 is 1.59 bits per heavy atom. The van der Waals surface area contributed by atoms with Crippen molar-refractivity contribution in [3.8, 4) is 0 Å². The molecule has 0 heterocycles. The van der Waals surface area contributed by atoms with E-state index in [-0.39, 0.29) is 0 Å². The lowest BCUT2D eigenvalue weighted by Gasteiger charge is -2.49. The van der Waals surface area contributed by atoms with Gasteiger partial charge in [-0.25, -0.2) is 0 Å². The molecule has 0 amide bonds. The van der Waals surface area contributed by atoms with E-state index in [9.17, 15) is 0 Å². The molecule has 6 rings (SSSR count). The lowest BCUT2D eigenvalue weighted by atomic mass is 9.56. The maximum atomic E-state index is 2.82. The van der Waals surface area contributed by atoms with Crippen molar-refractivity contribution >= 4 is 0 Å². The predicted molar refractivity (Wildman–Crippen MR) is 123 cm³/mol. The molecule has 5 fully saturated rings. The molecule has 6 aliphatic rings. The largest absolute Gasteiger partial charge is 0.0819 e. The van der Waals surface area contributed by atoms with Crippen LogP contribution in [0.4, 0.5) is 0 Å². The summed E-state index contributed by atoms with van der Waals surface area (Å²) in [5.41, 5.74) is 2.79. The molecule has 0 bridgehead atoms. The monoisotopic (exact) mass is 394 g/mol. The summed E-state index contributed by atoms with van der Waals surface area (Å²) in [6.45, 7) is 2.58. The summed E-state index contributed by atoms with van der Waals surface area (Å²) in [6.07, 6.45) is 29.1. The van der Waals surface area contributed by atoms with Gasteiger partial charge < -0.3 is 0 Å². The molecular formula is C29H46. The van der Waals surface area contributed by atoms with Crippen LogP contribution in [-0.4, -0.2) is 0 Å². The van der Waals surface area contributed by atoms with Crippen LogP contribution in [0.5, 0.6) is 0 Å². The van der Waals surface area contributed by atoms with Gasteiger partial charge in [-0.05, 0) is 143 Å². The van der Waals surface area contributed by atoms with Crippen LogP contribution in [0.15, 0.2) is 11.6 Å². The molecule has 29 heavy (non-hydrogen) atoms. The van der Waals surface area contributed by atoms with Crippen LogP contribution in [0, 0.1) is 52.8 Å². The highest BCUT2D eigenvalue weighted by atomic mass is 14.7. The van der Waals surface area contributed by atoms with Gasteiger partial charge in [0.1, 0.15) is 0 Å². The van der Waals surface area contributed by atoms with E-state index in [0.717, 1.165) is 52.8 Å². The summed E-state index contributed by atoms with van der Waals surface area (Å²) in [5.74, 6) is 8.59. The van der Waals surface area contributed by atoms with Gasteiger partial charge in [0.05, 0.1) is 0 Å². The van der Waals surface area contributed by atoms with Crippen molar-refractivity contribution in [3.05, 3.63) is 11.6 Å². The van der Waals surface area contributed by atoms with Crippen LogP contribution >= 0.6 is 0 Å². The molecule has 0 saturated heterocycles. The third kappa shape index (κ3) is 3.78. The topological polar surface area (TPSA) is 0 Å². The van der Waals surface area contributed by atoms with Gasteiger partial charge in [0.2, 0.25) is 0 Å². The molecule has 0 N–H and O–H groups in total. The van der Waals surface area contributed by atoms with Crippen LogP contribution in [-0.2, 0) is 0 Å². The Morgan fingerprint density at radius 1 is 0.793 bits per heavy atom. The van der Waals surface area contributed by atoms with E-state index in [1.165, 1.54) is 38.5 Å². The maximum absolute atomic E-state index is 2.82. The first-order valence-electron chi connectivity index (χ1n) is 13.9. The Morgan fingerprint density at radius 3 is 2.34 bits per heavy atom. The van der Waals surface area contributed by atoms with Crippen molar-refractivity contribution in [2.45, 2.75) is 116 Å². The quantitative estimate of drug-likeness (QED) is 0.419. The zero-order valence-electron chi connectivity index (χ0n) is 19.2. The zero-order chi connectivity index (χ0) is 19.4. The minimum atomic E-state index is 0.899. The molecule has 0 heteroatoms. The van der Waals surface area contributed by atoms with Crippen LogP contribution in [0.1, 0.15) is 116 Å². The van der Waals surface area contributed by atoms with E-state index in [1.807, 2.05) is 5.57 Å². The normalized spacial score (nSPS) is 48.7. The van der Waals surface area contributed by atoms with Gasteiger partial charge in [0.15, 0.2) is 0 Å². The highest BCUT2D eigenvalue weighted by molar-refractivity contribution is 5.20. The Labute approximate surface area is 180 Å². The first-order valence-corrected chi connectivity index (χ1v) is 13.9. The SMILES string of the molecule is C[C@@H]1CCC(C2CCC(CC3=CC(C4CC45CC5)CCC3)CC2)C2CCCCC21. The molecule has 1 spiro atoms.